The summed E-state index contributed by atoms with van der Waals surface area (Å²) in [7, 11) is 0. The van der Waals surface area contributed by atoms with Gasteiger partial charge in [0.05, 0.1) is 17.3 Å². The molecule has 0 spiro atoms. The third kappa shape index (κ3) is 3.43. The van der Waals surface area contributed by atoms with Crippen molar-refractivity contribution in [3.63, 3.8) is 0 Å². The second-order valence-electron chi connectivity index (χ2n) is 7.97. The summed E-state index contributed by atoms with van der Waals surface area (Å²) in [5.74, 6) is -0.910. The highest BCUT2D eigenvalue weighted by Gasteiger charge is 2.48. The number of nitrogens with zero attached hydrogens (tertiary/aromatic N) is 3. The maximum absolute atomic E-state index is 14.6. The number of nitrogens with two attached hydrogens (primary N) is 1. The van der Waals surface area contributed by atoms with Crippen LogP contribution in [0, 0.1) is 24.6 Å². The van der Waals surface area contributed by atoms with Crippen LogP contribution in [-0.2, 0) is 4.79 Å². The Hall–Kier alpha value is -3.03. The molecule has 152 valence electrons. The lowest BCUT2D eigenvalue weighted by molar-refractivity contribution is -0.117. The SMILES string of the molecule is CC(=O)N1c2cc(F)c(C(N)=O)cc2[C@H](Nc2nccc(C)n2)[C@@H](C)[C@@H]1C1CC1. The highest BCUT2D eigenvalue weighted by atomic mass is 19.1. The van der Waals surface area contributed by atoms with Gasteiger partial charge in [-0.3, -0.25) is 9.59 Å². The van der Waals surface area contributed by atoms with Crippen molar-refractivity contribution < 1.29 is 14.0 Å². The number of aromatic nitrogens is 2. The molecule has 8 heteroatoms. The van der Waals surface area contributed by atoms with E-state index in [0.717, 1.165) is 18.5 Å². The number of amides is 2. The fourth-order valence-electron chi connectivity index (χ4n) is 4.43. The van der Waals surface area contributed by atoms with E-state index in [2.05, 4.69) is 22.2 Å². The van der Waals surface area contributed by atoms with Crippen LogP contribution in [0.3, 0.4) is 0 Å². The van der Waals surface area contributed by atoms with E-state index in [4.69, 9.17) is 5.73 Å². The average Bonchev–Trinajstić information content (AvgIpc) is 3.47. The van der Waals surface area contributed by atoms with Crippen LogP contribution in [0.2, 0.25) is 0 Å². The Labute approximate surface area is 168 Å². The van der Waals surface area contributed by atoms with Crippen LogP contribution in [0.1, 0.15) is 54.3 Å². The van der Waals surface area contributed by atoms with Crippen molar-refractivity contribution in [3.8, 4) is 0 Å². The third-order valence-corrected chi connectivity index (χ3v) is 5.86. The van der Waals surface area contributed by atoms with Crippen LogP contribution in [0.4, 0.5) is 16.0 Å². The molecule has 1 aliphatic carbocycles. The lowest BCUT2D eigenvalue weighted by Crippen LogP contribution is -2.51. The molecular weight excluding hydrogens is 373 g/mol. The van der Waals surface area contributed by atoms with Crippen molar-refractivity contribution in [1.82, 2.24) is 9.97 Å². The number of fused-ring (bicyclic) bond motifs is 1. The molecule has 1 fully saturated rings. The summed E-state index contributed by atoms with van der Waals surface area (Å²) >= 11 is 0. The van der Waals surface area contributed by atoms with E-state index in [-0.39, 0.29) is 29.5 Å². The number of hydrogen-bond donors (Lipinski definition) is 2. The number of anilines is 2. The van der Waals surface area contributed by atoms with Gasteiger partial charge in [0.25, 0.3) is 5.91 Å². The number of aryl methyl sites for hydroxylation is 1. The minimum absolute atomic E-state index is 0.00537. The van der Waals surface area contributed by atoms with Gasteiger partial charge in [-0.25, -0.2) is 14.4 Å². The number of hydrogen-bond acceptors (Lipinski definition) is 5. The maximum Gasteiger partial charge on any atom is 0.251 e. The van der Waals surface area contributed by atoms with E-state index in [9.17, 15) is 14.0 Å². The highest BCUT2D eigenvalue weighted by molar-refractivity contribution is 5.97. The van der Waals surface area contributed by atoms with Crippen molar-refractivity contribution >= 4 is 23.5 Å². The Kier molecular flexibility index (Phi) is 4.72. The van der Waals surface area contributed by atoms with Crippen molar-refractivity contribution in [2.24, 2.45) is 17.6 Å². The zero-order valence-corrected chi connectivity index (χ0v) is 16.6. The Bertz CT molecular complexity index is 991. The topological polar surface area (TPSA) is 101 Å². The van der Waals surface area contributed by atoms with Crippen LogP contribution in [-0.4, -0.2) is 27.8 Å². The average molecular weight is 397 g/mol. The first kappa shape index (κ1) is 19.3. The number of carbonyl (C=O) groups excluding carboxylic acids is 2. The van der Waals surface area contributed by atoms with Gasteiger partial charge in [0.15, 0.2) is 0 Å². The lowest BCUT2D eigenvalue weighted by Gasteiger charge is -2.45. The number of primary amides is 1. The van der Waals surface area contributed by atoms with E-state index >= 15 is 0 Å². The summed E-state index contributed by atoms with van der Waals surface area (Å²) in [6.07, 6.45) is 3.73. The molecule has 2 aromatic rings. The summed E-state index contributed by atoms with van der Waals surface area (Å²) < 4.78 is 14.6. The van der Waals surface area contributed by atoms with Crippen molar-refractivity contribution in [2.45, 2.75) is 45.7 Å². The van der Waals surface area contributed by atoms with Crippen molar-refractivity contribution in [3.05, 3.63) is 47.0 Å². The van der Waals surface area contributed by atoms with E-state index in [1.807, 2.05) is 6.92 Å². The smallest absolute Gasteiger partial charge is 0.251 e. The molecule has 0 unspecified atom stereocenters. The largest absolute Gasteiger partial charge is 0.366 e. The minimum atomic E-state index is -0.845. The molecule has 29 heavy (non-hydrogen) atoms. The summed E-state index contributed by atoms with van der Waals surface area (Å²) in [4.78, 5) is 34.7. The normalized spacial score (nSPS) is 23.4. The molecule has 0 radical (unpaired) electrons. The van der Waals surface area contributed by atoms with Crippen LogP contribution < -0.4 is 16.0 Å². The first-order valence-corrected chi connectivity index (χ1v) is 9.77. The summed E-state index contributed by atoms with van der Waals surface area (Å²) in [6, 6.07) is 4.14. The second-order valence-corrected chi connectivity index (χ2v) is 7.97. The molecule has 0 saturated heterocycles. The van der Waals surface area contributed by atoms with Gasteiger partial charge in [-0.2, -0.15) is 0 Å². The predicted molar refractivity (Wildman–Crippen MR) is 107 cm³/mol. The molecule has 1 aromatic heterocycles. The minimum Gasteiger partial charge on any atom is -0.366 e. The molecule has 1 aromatic carbocycles. The van der Waals surface area contributed by atoms with Gasteiger partial charge >= 0.3 is 0 Å². The summed E-state index contributed by atoms with van der Waals surface area (Å²) in [6.45, 7) is 5.42. The Morgan fingerprint density at radius 3 is 2.62 bits per heavy atom. The predicted octanol–water partition coefficient (Wildman–Crippen LogP) is 2.96. The highest BCUT2D eigenvalue weighted by Crippen LogP contribution is 2.50. The van der Waals surface area contributed by atoms with Gasteiger partial charge < -0.3 is 16.0 Å². The standard InChI is InChI=1S/C21H24FN5O2/c1-10-6-7-24-21(25-10)26-18-11(2)19(13-4-5-13)27(12(3)28)17-9-16(22)14(20(23)29)8-15(17)18/h6-9,11,13,18-19H,4-5H2,1-3H3,(H2,23,29)(H,24,25,26)/t11-,18-,19-/m1/s1. The van der Waals surface area contributed by atoms with Gasteiger partial charge in [-0.05, 0) is 49.4 Å². The van der Waals surface area contributed by atoms with Gasteiger partial charge in [-0.1, -0.05) is 6.92 Å². The molecule has 0 bridgehead atoms. The summed E-state index contributed by atoms with van der Waals surface area (Å²) in [5.41, 5.74) is 7.11. The summed E-state index contributed by atoms with van der Waals surface area (Å²) in [5, 5.41) is 3.35. The molecule has 2 heterocycles. The van der Waals surface area contributed by atoms with E-state index in [1.165, 1.54) is 19.1 Å². The quantitative estimate of drug-likeness (QED) is 0.826. The molecule has 7 nitrogen and oxygen atoms in total. The number of benzene rings is 1. The van der Waals surface area contributed by atoms with Crippen molar-refractivity contribution in [1.29, 1.82) is 0 Å². The zero-order valence-electron chi connectivity index (χ0n) is 16.6. The monoisotopic (exact) mass is 397 g/mol. The molecular formula is C21H24FN5O2. The number of rotatable bonds is 4. The lowest BCUT2D eigenvalue weighted by atomic mass is 9.79. The number of halogens is 1. The number of carbonyl (C=O) groups is 2. The van der Waals surface area contributed by atoms with Crippen LogP contribution in [0.5, 0.6) is 0 Å². The van der Waals surface area contributed by atoms with E-state index in [1.54, 1.807) is 17.2 Å². The first-order valence-electron chi connectivity index (χ1n) is 9.77. The molecule has 2 aliphatic rings. The molecule has 3 N–H and O–H groups in total. The van der Waals surface area contributed by atoms with Gasteiger partial charge in [-0.15, -0.1) is 0 Å². The number of nitrogens with one attached hydrogen (secondary N) is 1. The van der Waals surface area contributed by atoms with Gasteiger partial charge in [0.1, 0.15) is 5.82 Å². The maximum atomic E-state index is 14.6. The van der Waals surface area contributed by atoms with Gasteiger partial charge in [0, 0.05) is 30.8 Å². The van der Waals surface area contributed by atoms with E-state index in [0.29, 0.717) is 23.1 Å². The second kappa shape index (κ2) is 7.09. The fourth-order valence-corrected chi connectivity index (χ4v) is 4.43. The van der Waals surface area contributed by atoms with Crippen LogP contribution >= 0.6 is 0 Å². The molecule has 1 saturated carbocycles. The molecule has 2 amide bonds. The van der Waals surface area contributed by atoms with Crippen molar-refractivity contribution in [2.75, 3.05) is 10.2 Å². The Morgan fingerprint density at radius 1 is 1.31 bits per heavy atom. The fraction of sp³-hybridized carbons (Fsp3) is 0.429. The van der Waals surface area contributed by atoms with Crippen LogP contribution in [0.25, 0.3) is 0 Å². The Morgan fingerprint density at radius 2 is 2.03 bits per heavy atom. The molecule has 1 aliphatic heterocycles. The molecule has 4 rings (SSSR count). The van der Waals surface area contributed by atoms with Gasteiger partial charge in [0.2, 0.25) is 11.9 Å². The van der Waals surface area contributed by atoms with E-state index < -0.39 is 11.7 Å². The Balaban J connectivity index is 1.87. The van der Waals surface area contributed by atoms with Crippen LogP contribution in [0.15, 0.2) is 24.4 Å². The third-order valence-electron chi connectivity index (χ3n) is 5.86. The molecule has 3 atom stereocenters. The zero-order chi connectivity index (χ0) is 20.9. The first-order chi connectivity index (χ1) is 13.8.